The van der Waals surface area contributed by atoms with Gasteiger partial charge < -0.3 is 10.0 Å². The van der Waals surface area contributed by atoms with Crippen LogP contribution in [0.4, 0.5) is 5.82 Å². The van der Waals surface area contributed by atoms with Crippen molar-refractivity contribution >= 4 is 22.1 Å². The first-order chi connectivity index (χ1) is 9.88. The number of hydrogen-bond donors (Lipinski definition) is 1. The van der Waals surface area contributed by atoms with Gasteiger partial charge in [0, 0.05) is 24.2 Å². The summed E-state index contributed by atoms with van der Waals surface area (Å²) in [6, 6.07) is 0.646. The van der Waals surface area contributed by atoms with Crippen LogP contribution < -0.4 is 4.90 Å². The number of aliphatic hydroxyl groups excluding tert-OH is 1. The summed E-state index contributed by atoms with van der Waals surface area (Å²) in [4.78, 5) is 8.28. The smallest absolute Gasteiger partial charge is 0.195 e. The van der Waals surface area contributed by atoms with Crippen molar-refractivity contribution in [3.63, 3.8) is 0 Å². The molecule has 0 radical (unpaired) electrons. The van der Waals surface area contributed by atoms with Crippen LogP contribution in [0.5, 0.6) is 0 Å². The Morgan fingerprint density at radius 1 is 1.25 bits per heavy atom. The van der Waals surface area contributed by atoms with Crippen molar-refractivity contribution in [1.82, 2.24) is 9.38 Å². The molecule has 1 aliphatic carbocycles. The fourth-order valence-electron chi connectivity index (χ4n) is 4.09. The highest BCUT2D eigenvalue weighted by molar-refractivity contribution is 7.15. The molecule has 1 unspecified atom stereocenters. The van der Waals surface area contributed by atoms with Crippen LogP contribution in [0.25, 0.3) is 4.96 Å². The van der Waals surface area contributed by atoms with Gasteiger partial charge in [-0.1, -0.05) is 12.8 Å². The fourth-order valence-corrected chi connectivity index (χ4v) is 4.81. The van der Waals surface area contributed by atoms with Crippen LogP contribution in [0.3, 0.4) is 0 Å². The summed E-state index contributed by atoms with van der Waals surface area (Å²) in [7, 11) is 0. The Morgan fingerprint density at radius 2 is 2.10 bits per heavy atom. The summed E-state index contributed by atoms with van der Waals surface area (Å²) < 4.78 is 2.05. The van der Waals surface area contributed by atoms with Crippen molar-refractivity contribution in [2.75, 3.05) is 11.4 Å². The van der Waals surface area contributed by atoms with Crippen molar-refractivity contribution in [2.45, 2.75) is 51.2 Å². The minimum absolute atomic E-state index is 0.0706. The van der Waals surface area contributed by atoms with Crippen molar-refractivity contribution in [2.24, 2.45) is 5.92 Å². The molecular weight excluding hydrogens is 270 g/mol. The van der Waals surface area contributed by atoms with Gasteiger partial charge in [-0.25, -0.2) is 4.98 Å². The predicted octanol–water partition coefficient (Wildman–Crippen LogP) is 3.05. The number of thiazole rings is 1. The second kappa shape index (κ2) is 5.04. The molecule has 4 rings (SSSR count). The topological polar surface area (TPSA) is 40.8 Å². The molecule has 0 amide bonds. The molecule has 3 heterocycles. The Bertz CT molecular complexity index is 599. The van der Waals surface area contributed by atoms with Crippen LogP contribution in [0, 0.1) is 5.92 Å². The van der Waals surface area contributed by atoms with E-state index in [2.05, 4.69) is 4.90 Å². The summed E-state index contributed by atoms with van der Waals surface area (Å²) in [6.45, 7) is 1.17. The van der Waals surface area contributed by atoms with E-state index in [1.54, 1.807) is 11.3 Å². The van der Waals surface area contributed by atoms with Crippen molar-refractivity contribution in [3.8, 4) is 0 Å². The van der Waals surface area contributed by atoms with E-state index < -0.39 is 0 Å². The normalized spacial score (nSPS) is 24.2. The van der Waals surface area contributed by atoms with Crippen LogP contribution in [-0.2, 0) is 6.61 Å². The molecule has 0 spiro atoms. The third-order valence-electron chi connectivity index (χ3n) is 5.00. The maximum atomic E-state index is 9.75. The Hall–Kier alpha value is -1.07. The van der Waals surface area contributed by atoms with Gasteiger partial charge in [0.2, 0.25) is 0 Å². The lowest BCUT2D eigenvalue weighted by molar-refractivity contribution is 0.275. The van der Waals surface area contributed by atoms with E-state index >= 15 is 0 Å². The van der Waals surface area contributed by atoms with Crippen LogP contribution in [0.15, 0.2) is 11.6 Å². The summed E-state index contributed by atoms with van der Waals surface area (Å²) >= 11 is 1.64. The van der Waals surface area contributed by atoms with Gasteiger partial charge in [0.1, 0.15) is 0 Å². The molecule has 2 aromatic heterocycles. The van der Waals surface area contributed by atoms with Gasteiger partial charge in [0.25, 0.3) is 0 Å². The quantitative estimate of drug-likeness (QED) is 0.945. The Labute approximate surface area is 123 Å². The predicted molar refractivity (Wildman–Crippen MR) is 81.3 cm³/mol. The molecule has 4 nitrogen and oxygen atoms in total. The average molecular weight is 291 g/mol. The van der Waals surface area contributed by atoms with E-state index in [9.17, 15) is 5.11 Å². The van der Waals surface area contributed by atoms with Crippen molar-refractivity contribution in [1.29, 1.82) is 0 Å². The van der Waals surface area contributed by atoms with Gasteiger partial charge in [-0.05, 0) is 31.6 Å². The molecule has 2 aliphatic rings. The second-order valence-electron chi connectivity index (χ2n) is 6.04. The standard InChI is InChI=1S/C15H21N3OS/c19-10-13-14(16-15-18(13)8-9-20-15)17-7-3-6-12(17)11-4-1-2-5-11/h8-9,11-12,19H,1-7,10H2. The van der Waals surface area contributed by atoms with Gasteiger partial charge in [-0.3, -0.25) is 4.40 Å². The molecule has 5 heteroatoms. The fraction of sp³-hybridized carbons (Fsp3) is 0.667. The molecule has 1 saturated heterocycles. The number of aromatic nitrogens is 2. The lowest BCUT2D eigenvalue weighted by atomic mass is 9.96. The van der Waals surface area contributed by atoms with Crippen molar-refractivity contribution < 1.29 is 5.11 Å². The van der Waals surface area contributed by atoms with E-state index in [-0.39, 0.29) is 6.61 Å². The van der Waals surface area contributed by atoms with Crippen LogP contribution >= 0.6 is 11.3 Å². The van der Waals surface area contributed by atoms with E-state index in [1.165, 1.54) is 38.5 Å². The molecule has 1 saturated carbocycles. The monoisotopic (exact) mass is 291 g/mol. The Kier molecular flexibility index (Phi) is 3.19. The van der Waals surface area contributed by atoms with Crippen LogP contribution in [0.2, 0.25) is 0 Å². The van der Waals surface area contributed by atoms with Gasteiger partial charge >= 0.3 is 0 Å². The number of nitrogens with zero attached hydrogens (tertiary/aromatic N) is 3. The van der Waals surface area contributed by atoms with E-state index in [1.807, 2.05) is 16.0 Å². The molecule has 1 atom stereocenters. The van der Waals surface area contributed by atoms with E-state index in [0.717, 1.165) is 28.9 Å². The SMILES string of the molecule is OCc1c(N2CCCC2C2CCCC2)nc2sccn12. The van der Waals surface area contributed by atoms with Gasteiger partial charge in [0.05, 0.1) is 12.3 Å². The van der Waals surface area contributed by atoms with Gasteiger partial charge in [0.15, 0.2) is 10.8 Å². The number of anilines is 1. The minimum Gasteiger partial charge on any atom is -0.390 e. The van der Waals surface area contributed by atoms with E-state index in [4.69, 9.17) is 4.98 Å². The lowest BCUT2D eigenvalue weighted by Crippen LogP contribution is -2.35. The van der Waals surface area contributed by atoms with Crippen molar-refractivity contribution in [3.05, 3.63) is 17.3 Å². The molecule has 1 N–H and O–H groups in total. The molecule has 0 bridgehead atoms. The number of imidazole rings is 1. The molecular formula is C15H21N3OS. The first kappa shape index (κ1) is 12.7. The second-order valence-corrected chi connectivity index (χ2v) is 6.92. The maximum absolute atomic E-state index is 9.75. The zero-order valence-electron chi connectivity index (χ0n) is 11.7. The number of rotatable bonds is 3. The van der Waals surface area contributed by atoms with Gasteiger partial charge in [-0.2, -0.15) is 0 Å². The third kappa shape index (κ3) is 1.87. The zero-order valence-corrected chi connectivity index (χ0v) is 12.5. The number of fused-ring (bicyclic) bond motifs is 1. The first-order valence-corrected chi connectivity index (χ1v) is 8.58. The van der Waals surface area contributed by atoms with Gasteiger partial charge in [-0.15, -0.1) is 11.3 Å². The maximum Gasteiger partial charge on any atom is 0.195 e. The molecule has 1 aliphatic heterocycles. The summed E-state index contributed by atoms with van der Waals surface area (Å²) in [5.74, 6) is 1.87. The summed E-state index contributed by atoms with van der Waals surface area (Å²) in [5, 5.41) is 11.8. The average Bonchev–Trinajstić information content (AvgIpc) is 3.21. The largest absolute Gasteiger partial charge is 0.390 e. The molecule has 20 heavy (non-hydrogen) atoms. The minimum atomic E-state index is 0.0706. The summed E-state index contributed by atoms with van der Waals surface area (Å²) in [5.41, 5.74) is 0.964. The molecule has 2 aromatic rings. The highest BCUT2D eigenvalue weighted by Crippen LogP contribution is 2.39. The third-order valence-corrected chi connectivity index (χ3v) is 5.76. The highest BCUT2D eigenvalue weighted by atomic mass is 32.1. The Morgan fingerprint density at radius 3 is 2.90 bits per heavy atom. The molecule has 0 aromatic carbocycles. The highest BCUT2D eigenvalue weighted by Gasteiger charge is 2.35. The number of hydrogen-bond acceptors (Lipinski definition) is 4. The molecule has 108 valence electrons. The zero-order chi connectivity index (χ0) is 13.5. The van der Waals surface area contributed by atoms with E-state index in [0.29, 0.717) is 6.04 Å². The Balaban J connectivity index is 1.71. The first-order valence-electron chi connectivity index (χ1n) is 7.70. The van der Waals surface area contributed by atoms with Crippen LogP contribution in [0.1, 0.15) is 44.2 Å². The number of aliphatic hydroxyl groups is 1. The summed E-state index contributed by atoms with van der Waals surface area (Å²) in [6.07, 6.45) is 10.1. The molecule has 2 fully saturated rings. The van der Waals surface area contributed by atoms with Crippen LogP contribution in [-0.4, -0.2) is 27.1 Å². The lowest BCUT2D eigenvalue weighted by Gasteiger charge is -2.30.